The van der Waals surface area contributed by atoms with Gasteiger partial charge in [-0.3, -0.25) is 0 Å². The molecule has 0 amide bonds. The molecule has 0 saturated carbocycles. The van der Waals surface area contributed by atoms with Crippen molar-refractivity contribution in [2.24, 2.45) is 10.9 Å². The number of ether oxygens (including phenoxy) is 1. The molecule has 3 nitrogen and oxygen atoms in total. The molecule has 0 bridgehead atoms. The fourth-order valence-electron chi connectivity index (χ4n) is 10.0. The molecule has 0 N–H and O–H groups in total. The van der Waals surface area contributed by atoms with Gasteiger partial charge < -0.3 is 9.64 Å². The van der Waals surface area contributed by atoms with Crippen LogP contribution >= 0.6 is 0 Å². The minimum atomic E-state index is -0.0868. The van der Waals surface area contributed by atoms with Crippen molar-refractivity contribution in [3.63, 3.8) is 0 Å². The monoisotopic (exact) mass is 846 g/mol. The molecule has 3 heteroatoms. The molecule has 0 radical (unpaired) electrons. The zero-order valence-corrected chi connectivity index (χ0v) is 36.4. The van der Waals surface area contributed by atoms with E-state index in [0.717, 1.165) is 34.9 Å². The average molecular weight is 847 g/mol. The van der Waals surface area contributed by atoms with Gasteiger partial charge in [-0.25, -0.2) is 4.99 Å². The number of rotatable bonds is 9. The molecular formula is C63H46N2O. The highest BCUT2D eigenvalue weighted by atomic mass is 16.5. The van der Waals surface area contributed by atoms with E-state index in [9.17, 15) is 0 Å². The molecule has 1 aliphatic heterocycles. The van der Waals surface area contributed by atoms with Crippen LogP contribution in [0.25, 0.3) is 60.9 Å². The first-order valence-corrected chi connectivity index (χ1v) is 22.9. The number of nitrogens with zero attached hydrogens (tertiary/aromatic N) is 2. The van der Waals surface area contributed by atoms with Crippen LogP contribution in [0.15, 0.2) is 259 Å². The third-order valence-corrected chi connectivity index (χ3v) is 13.4. The first-order valence-electron chi connectivity index (χ1n) is 22.9. The maximum absolute atomic E-state index is 6.66. The predicted molar refractivity (Wildman–Crippen MR) is 275 cm³/mol. The van der Waals surface area contributed by atoms with Gasteiger partial charge in [-0.1, -0.05) is 200 Å². The van der Waals surface area contributed by atoms with Crippen LogP contribution in [0.3, 0.4) is 0 Å². The second-order valence-corrected chi connectivity index (χ2v) is 17.4. The van der Waals surface area contributed by atoms with Gasteiger partial charge in [0.2, 0.25) is 5.90 Å². The molecule has 0 fully saturated rings. The van der Waals surface area contributed by atoms with Gasteiger partial charge in [0.1, 0.15) is 12.1 Å². The van der Waals surface area contributed by atoms with Crippen molar-refractivity contribution < 1.29 is 4.74 Å². The minimum Gasteiger partial charge on any atom is -0.467 e. The topological polar surface area (TPSA) is 24.8 Å². The van der Waals surface area contributed by atoms with Gasteiger partial charge in [-0.05, 0) is 127 Å². The lowest BCUT2D eigenvalue weighted by molar-refractivity contribution is 0.227. The Morgan fingerprint density at radius 2 is 0.879 bits per heavy atom. The molecule has 3 unspecified atom stereocenters. The number of allylic oxidation sites excluding steroid dienone is 4. The minimum absolute atomic E-state index is 0.0134. The van der Waals surface area contributed by atoms with Crippen LogP contribution in [0.1, 0.15) is 17.5 Å². The highest BCUT2D eigenvalue weighted by molar-refractivity contribution is 5.98. The summed E-state index contributed by atoms with van der Waals surface area (Å²) in [6.07, 6.45) is 10.0. The van der Waals surface area contributed by atoms with E-state index in [2.05, 4.69) is 248 Å². The van der Waals surface area contributed by atoms with Gasteiger partial charge in [-0.2, -0.15) is 0 Å². The molecule has 314 valence electrons. The summed E-state index contributed by atoms with van der Waals surface area (Å²) >= 11 is 0. The van der Waals surface area contributed by atoms with Crippen LogP contribution in [0.4, 0.5) is 17.1 Å². The Labute approximate surface area is 386 Å². The molecule has 1 heterocycles. The molecule has 3 aliphatic rings. The molecule has 9 aromatic rings. The van der Waals surface area contributed by atoms with E-state index < -0.39 is 0 Å². The highest BCUT2D eigenvalue weighted by Crippen LogP contribution is 2.44. The molecular weight excluding hydrogens is 801 g/mol. The Hall–Kier alpha value is -8.27. The van der Waals surface area contributed by atoms with E-state index in [-0.39, 0.29) is 18.1 Å². The Kier molecular flexibility index (Phi) is 10.1. The number of benzene rings is 9. The zero-order valence-electron chi connectivity index (χ0n) is 36.4. The van der Waals surface area contributed by atoms with E-state index in [1.165, 1.54) is 72.0 Å². The maximum atomic E-state index is 6.66. The molecule has 2 aliphatic carbocycles. The summed E-state index contributed by atoms with van der Waals surface area (Å²) in [6.45, 7) is 0. The van der Waals surface area contributed by atoms with Crippen molar-refractivity contribution >= 4 is 39.3 Å². The summed E-state index contributed by atoms with van der Waals surface area (Å²) in [5.74, 6) is 0.977. The number of anilines is 3. The molecule has 0 saturated heterocycles. The number of hydrogen-bond donors (Lipinski definition) is 0. The molecule has 66 heavy (non-hydrogen) atoms. The average Bonchev–Trinajstić information content (AvgIpc) is 3.85. The Morgan fingerprint density at radius 3 is 1.53 bits per heavy atom. The highest BCUT2D eigenvalue weighted by Gasteiger charge is 2.39. The van der Waals surface area contributed by atoms with E-state index in [1.807, 2.05) is 6.07 Å². The fourth-order valence-corrected chi connectivity index (χ4v) is 10.0. The van der Waals surface area contributed by atoms with Crippen LogP contribution in [0, 0.1) is 5.92 Å². The van der Waals surface area contributed by atoms with Crippen LogP contribution in [0.2, 0.25) is 0 Å². The Balaban J connectivity index is 0.826. The zero-order chi connectivity index (χ0) is 43.8. The van der Waals surface area contributed by atoms with E-state index in [1.54, 1.807) is 0 Å². The lowest BCUT2D eigenvalue weighted by atomic mass is 9.76. The van der Waals surface area contributed by atoms with E-state index in [0.29, 0.717) is 0 Å². The lowest BCUT2D eigenvalue weighted by Gasteiger charge is -2.32. The van der Waals surface area contributed by atoms with Gasteiger partial charge >= 0.3 is 0 Å². The molecule has 12 rings (SSSR count). The van der Waals surface area contributed by atoms with Crippen LogP contribution < -0.4 is 4.90 Å². The van der Waals surface area contributed by atoms with Gasteiger partial charge in [0.15, 0.2) is 0 Å². The molecule has 0 aromatic heterocycles. The Bertz CT molecular complexity index is 3320. The fraction of sp³-hybridized carbons (Fsp3) is 0.0635. The van der Waals surface area contributed by atoms with Crippen LogP contribution in [0.5, 0.6) is 0 Å². The summed E-state index contributed by atoms with van der Waals surface area (Å²) < 4.78 is 6.66. The predicted octanol–water partition coefficient (Wildman–Crippen LogP) is 16.1. The van der Waals surface area contributed by atoms with Gasteiger partial charge in [0, 0.05) is 28.5 Å². The first-order chi connectivity index (χ1) is 32.7. The summed E-state index contributed by atoms with van der Waals surface area (Å²) in [5, 5.41) is 2.50. The van der Waals surface area contributed by atoms with Crippen LogP contribution in [-0.4, -0.2) is 18.0 Å². The number of fused-ring (bicyclic) bond motifs is 4. The number of aliphatic imine (C=N–C) groups is 1. The smallest absolute Gasteiger partial charge is 0.217 e. The normalized spacial score (nSPS) is 17.2. The largest absolute Gasteiger partial charge is 0.467 e. The summed E-state index contributed by atoms with van der Waals surface area (Å²) in [4.78, 5) is 7.41. The third kappa shape index (κ3) is 7.45. The SMILES string of the molecule is C1=CC2N=C(c3ccc(-c4ccccc4)cc3)OC2C2=CC=C(c3ccccc3-c3ccc(N(c4ccc(-c5ccccc5)cc4)c4ccc(-c5cccc6ccccc56)cc4)cc3)CC12. The molecule has 3 atom stereocenters. The van der Waals surface area contributed by atoms with Gasteiger partial charge in [0.05, 0.1) is 0 Å². The second-order valence-electron chi connectivity index (χ2n) is 17.4. The molecule has 9 aromatic carbocycles. The standard InChI is InChI=1S/C63H46N2O/c1-3-12-43(13-4-1)45-22-24-50(25-23-45)63-64-61-41-33-52-42-51(32-40-60(52)62(61)66-63)59-20-10-9-19-57(59)48-28-36-54(37-29-48)65(53-34-26-46(27-35-53)44-14-5-2-6-15-44)55-38-30-49(31-39-55)58-21-11-17-47-16-7-8-18-56(47)58/h1-41,52,61-62H,42H2. The van der Waals surface area contributed by atoms with Crippen molar-refractivity contribution in [3.8, 4) is 44.5 Å². The van der Waals surface area contributed by atoms with Gasteiger partial charge in [0.25, 0.3) is 0 Å². The van der Waals surface area contributed by atoms with Crippen LogP contribution in [-0.2, 0) is 4.74 Å². The Morgan fingerprint density at radius 1 is 0.394 bits per heavy atom. The first kappa shape index (κ1) is 39.3. The van der Waals surface area contributed by atoms with Crippen molar-refractivity contribution in [1.29, 1.82) is 0 Å². The molecule has 0 spiro atoms. The third-order valence-electron chi connectivity index (χ3n) is 13.4. The lowest BCUT2D eigenvalue weighted by Crippen LogP contribution is -2.31. The van der Waals surface area contributed by atoms with Crippen molar-refractivity contribution in [3.05, 3.63) is 265 Å². The van der Waals surface area contributed by atoms with Crippen molar-refractivity contribution in [1.82, 2.24) is 0 Å². The van der Waals surface area contributed by atoms with E-state index >= 15 is 0 Å². The van der Waals surface area contributed by atoms with Crippen molar-refractivity contribution in [2.75, 3.05) is 4.90 Å². The van der Waals surface area contributed by atoms with Gasteiger partial charge in [-0.15, -0.1) is 0 Å². The summed E-state index contributed by atoms with van der Waals surface area (Å²) in [5.41, 5.74) is 17.8. The quantitative estimate of drug-likeness (QED) is 0.135. The maximum Gasteiger partial charge on any atom is 0.217 e. The summed E-state index contributed by atoms with van der Waals surface area (Å²) in [6, 6.07) is 80.6. The second kappa shape index (κ2) is 17.0. The summed E-state index contributed by atoms with van der Waals surface area (Å²) in [7, 11) is 0. The van der Waals surface area contributed by atoms with Crippen molar-refractivity contribution in [2.45, 2.75) is 18.6 Å². The van der Waals surface area contributed by atoms with E-state index in [4.69, 9.17) is 9.73 Å². The number of hydrogen-bond acceptors (Lipinski definition) is 3.